The van der Waals surface area contributed by atoms with Crippen LogP contribution in [0.2, 0.25) is 0 Å². The third-order valence-electron chi connectivity index (χ3n) is 14.4. The van der Waals surface area contributed by atoms with Crippen LogP contribution in [0.15, 0.2) is 30.3 Å². The number of nitrogens with zero attached hydrogens (tertiary/aromatic N) is 3. The van der Waals surface area contributed by atoms with Gasteiger partial charge in [-0.25, -0.2) is 4.79 Å². The van der Waals surface area contributed by atoms with Crippen molar-refractivity contribution in [3.8, 4) is 0 Å². The minimum Gasteiger partial charge on any atom is -0.480 e. The molecule has 3 rings (SSSR count). The van der Waals surface area contributed by atoms with E-state index in [0.717, 1.165) is 5.56 Å². The lowest BCUT2D eigenvalue weighted by molar-refractivity contribution is -0.150. The Morgan fingerprint density at radius 1 is 0.773 bits per heavy atom. The Hall–Kier alpha value is -4.32. The van der Waals surface area contributed by atoms with Gasteiger partial charge in [-0.15, -0.1) is 0 Å². The molecule has 1 aromatic carbocycles. The molecule has 5 amide bonds. The van der Waals surface area contributed by atoms with E-state index in [1.165, 1.54) is 14.2 Å². The van der Waals surface area contributed by atoms with Crippen molar-refractivity contribution in [2.24, 2.45) is 23.5 Å². The number of carbonyl (C=O) groups is 6. The predicted molar refractivity (Wildman–Crippen MR) is 281 cm³/mol. The van der Waals surface area contributed by atoms with Crippen LogP contribution in [0, 0.1) is 17.8 Å². The molecule has 7 unspecified atom stereocenters. The average Bonchev–Trinajstić information content (AvgIpc) is 4.05. The Balaban J connectivity index is 1.53. The van der Waals surface area contributed by atoms with Gasteiger partial charge < -0.3 is 74.1 Å². The van der Waals surface area contributed by atoms with Gasteiger partial charge in [0.2, 0.25) is 29.5 Å². The summed E-state index contributed by atoms with van der Waals surface area (Å²) in [5.41, 5.74) is 4.95. The first kappa shape index (κ1) is 65.0. The number of ether oxygens (including phenoxy) is 8. The number of rotatable bonds is 39. The average molecular weight is 1070 g/mol. The fraction of sp³-hybridized carbons (Fsp3) is 0.778. The summed E-state index contributed by atoms with van der Waals surface area (Å²) >= 11 is 0. The van der Waals surface area contributed by atoms with Gasteiger partial charge in [-0.3, -0.25) is 24.0 Å². The smallest absolute Gasteiger partial charge is 0.326 e. The summed E-state index contributed by atoms with van der Waals surface area (Å²) in [5, 5.41) is 15.7. The van der Waals surface area contributed by atoms with E-state index in [4.69, 9.17) is 43.6 Å². The van der Waals surface area contributed by atoms with Gasteiger partial charge in [-0.05, 0) is 50.0 Å². The first-order valence-corrected chi connectivity index (χ1v) is 26.9. The van der Waals surface area contributed by atoms with Gasteiger partial charge in [0.05, 0.1) is 122 Å². The van der Waals surface area contributed by atoms with E-state index in [0.29, 0.717) is 118 Å². The van der Waals surface area contributed by atoms with Gasteiger partial charge in [-0.2, -0.15) is 0 Å². The molecule has 2 fully saturated rings. The summed E-state index contributed by atoms with van der Waals surface area (Å²) in [6.45, 7) is 17.3. The Kier molecular flexibility index (Phi) is 30.5. The number of hydrogen-bond acceptors (Lipinski definition) is 15. The van der Waals surface area contributed by atoms with Crippen molar-refractivity contribution in [3.63, 3.8) is 0 Å². The van der Waals surface area contributed by atoms with Gasteiger partial charge in [0, 0.05) is 47.3 Å². The van der Waals surface area contributed by atoms with Gasteiger partial charge >= 0.3 is 5.97 Å². The highest BCUT2D eigenvalue weighted by Crippen LogP contribution is 2.32. The van der Waals surface area contributed by atoms with Crippen LogP contribution < -0.4 is 16.4 Å². The predicted octanol–water partition coefficient (Wildman–Crippen LogP) is 2.69. The van der Waals surface area contributed by atoms with E-state index in [9.17, 15) is 33.9 Å². The van der Waals surface area contributed by atoms with Crippen molar-refractivity contribution in [2.75, 3.05) is 120 Å². The molecular weight excluding hydrogens is 973 g/mol. The van der Waals surface area contributed by atoms with Crippen LogP contribution in [-0.4, -0.2) is 217 Å². The summed E-state index contributed by atoms with van der Waals surface area (Å²) in [4.78, 5) is 87.6. The number of hydrogen-bond donors (Lipinski definition) is 4. The monoisotopic (exact) mass is 1060 g/mol. The molecule has 2 aliphatic rings. The Morgan fingerprint density at radius 3 is 1.84 bits per heavy atom. The van der Waals surface area contributed by atoms with Gasteiger partial charge in [0.15, 0.2) is 0 Å². The lowest BCUT2D eigenvalue weighted by Crippen LogP contribution is -2.62. The second-order valence-corrected chi connectivity index (χ2v) is 20.0. The second kappa shape index (κ2) is 35.2. The number of benzene rings is 1. The molecule has 0 bridgehead atoms. The van der Waals surface area contributed by atoms with Crippen LogP contribution >= 0.6 is 0 Å². The minimum atomic E-state index is -1.19. The third-order valence-corrected chi connectivity index (χ3v) is 14.4. The highest BCUT2D eigenvalue weighted by molar-refractivity contribution is 5.95. The van der Waals surface area contributed by atoms with Crippen molar-refractivity contribution in [1.82, 2.24) is 25.3 Å². The normalized spacial score (nSPS) is 19.5. The Labute approximate surface area is 445 Å². The number of carboxylic acid groups (broad SMARTS) is 1. The zero-order valence-corrected chi connectivity index (χ0v) is 46.4. The number of likely N-dealkylation sites (N-methyl/N-ethyl adjacent to an activating group) is 1. The molecule has 0 aliphatic carbocycles. The molecule has 2 saturated heterocycles. The molecule has 0 saturated carbocycles. The van der Waals surface area contributed by atoms with Crippen molar-refractivity contribution in [1.29, 1.82) is 0 Å². The van der Waals surface area contributed by atoms with E-state index in [1.807, 2.05) is 45.9 Å². The lowest BCUT2D eigenvalue weighted by Gasteiger charge is -2.41. The zero-order chi connectivity index (χ0) is 55.3. The molecule has 2 heterocycles. The number of aliphatic carboxylic acids is 1. The summed E-state index contributed by atoms with van der Waals surface area (Å²) < 4.78 is 44.9. The summed E-state index contributed by atoms with van der Waals surface area (Å²) in [5.74, 6) is -4.13. The van der Waals surface area contributed by atoms with E-state index < -0.39 is 65.6 Å². The first-order chi connectivity index (χ1) is 36.0. The molecule has 5 N–H and O–H groups in total. The SMILES string of the molecule is CCC(C)C(C(CC(=O)N1CCC[C@H]1C(OC)C(C)C(=O)NC(Cc1ccccc1)C(=O)O)OC)N(C)C(=O)C(NC(=O)[C@]1(C)CCCN1C(=O)CCOCCOCCOCCOCCOCCOCCN)C(C)C. The maximum Gasteiger partial charge on any atom is 0.326 e. The Morgan fingerprint density at radius 2 is 1.33 bits per heavy atom. The maximum absolute atomic E-state index is 14.7. The zero-order valence-electron chi connectivity index (χ0n) is 46.4. The fourth-order valence-electron chi connectivity index (χ4n) is 9.87. The van der Waals surface area contributed by atoms with Crippen LogP contribution in [0.5, 0.6) is 0 Å². The van der Waals surface area contributed by atoms with Crippen molar-refractivity contribution in [2.45, 2.75) is 135 Å². The molecule has 75 heavy (non-hydrogen) atoms. The number of carbonyl (C=O) groups excluding carboxylic acids is 5. The highest BCUT2D eigenvalue weighted by atomic mass is 16.6. The van der Waals surface area contributed by atoms with E-state index in [1.54, 1.807) is 47.7 Å². The first-order valence-electron chi connectivity index (χ1n) is 26.9. The molecule has 21 heteroatoms. The number of amides is 5. The van der Waals surface area contributed by atoms with Crippen LogP contribution in [0.25, 0.3) is 0 Å². The fourth-order valence-corrected chi connectivity index (χ4v) is 9.87. The standard InChI is InChI=1S/C54H92N6O15/c1-10-39(4)48(44(68-8)37-46(62)59-22-14-18-43(59)49(69-9)40(5)50(63)56-42(52(65)66)36-41-16-12-11-13-17-41)58(7)51(64)47(38(2)3)57-53(67)54(6)20-15-23-60(54)45(61)19-24-70-26-28-72-30-32-74-34-35-75-33-31-73-29-27-71-25-21-55/h11-13,16-17,38-40,42-44,47-49H,10,14-15,18-37,55H2,1-9H3,(H,56,63)(H,57,67)(H,65,66)/t39?,40?,42?,43-,44?,47?,48?,49?,54-/m0/s1. The molecule has 21 nitrogen and oxygen atoms in total. The molecule has 0 aromatic heterocycles. The number of likely N-dealkylation sites (tertiary alicyclic amines) is 2. The Bertz CT molecular complexity index is 1850. The van der Waals surface area contributed by atoms with Crippen molar-refractivity contribution < 1.29 is 71.8 Å². The van der Waals surface area contributed by atoms with Gasteiger partial charge in [-0.1, -0.05) is 71.4 Å². The summed E-state index contributed by atoms with van der Waals surface area (Å²) in [7, 11) is 4.67. The topological polar surface area (TPSA) is 256 Å². The van der Waals surface area contributed by atoms with Crippen molar-refractivity contribution >= 4 is 35.5 Å². The van der Waals surface area contributed by atoms with Crippen molar-refractivity contribution in [3.05, 3.63) is 35.9 Å². The van der Waals surface area contributed by atoms with Crippen LogP contribution in [0.4, 0.5) is 0 Å². The molecule has 0 radical (unpaired) electrons. The summed E-state index contributed by atoms with van der Waals surface area (Å²) in [6.07, 6.45) is 1.58. The molecule has 2 aliphatic heterocycles. The van der Waals surface area contributed by atoms with E-state index >= 15 is 0 Å². The third kappa shape index (κ3) is 20.9. The van der Waals surface area contributed by atoms with Crippen LogP contribution in [0.3, 0.4) is 0 Å². The molecule has 0 spiro atoms. The number of methoxy groups -OCH3 is 2. The number of nitrogens with one attached hydrogen (secondary N) is 2. The van der Waals surface area contributed by atoms with Gasteiger partial charge in [0.1, 0.15) is 17.6 Å². The van der Waals surface area contributed by atoms with E-state index in [-0.39, 0.29) is 62.0 Å². The van der Waals surface area contributed by atoms with Gasteiger partial charge in [0.25, 0.3) is 0 Å². The molecular formula is C54H92N6O15. The minimum absolute atomic E-state index is 0.0726. The largest absolute Gasteiger partial charge is 0.480 e. The molecule has 9 atom stereocenters. The number of carboxylic acids is 1. The second-order valence-electron chi connectivity index (χ2n) is 20.0. The van der Waals surface area contributed by atoms with E-state index in [2.05, 4.69) is 10.6 Å². The molecule has 428 valence electrons. The lowest BCUT2D eigenvalue weighted by atomic mass is 9.89. The summed E-state index contributed by atoms with van der Waals surface area (Å²) in [6, 6.07) is 5.90. The van der Waals surface area contributed by atoms with Crippen LogP contribution in [-0.2, 0) is 73.1 Å². The quantitative estimate of drug-likeness (QED) is 0.0692. The number of nitrogens with two attached hydrogens (primary N) is 1. The highest BCUT2D eigenvalue weighted by Gasteiger charge is 2.48. The maximum atomic E-state index is 14.7. The van der Waals surface area contributed by atoms with Crippen LogP contribution in [0.1, 0.15) is 92.1 Å². The molecule has 1 aromatic rings.